The van der Waals surface area contributed by atoms with Crippen molar-refractivity contribution in [1.29, 1.82) is 0 Å². The number of ketones is 1. The van der Waals surface area contributed by atoms with Gasteiger partial charge in [0.1, 0.15) is 6.33 Å². The molecule has 6 heteroatoms. The topological polar surface area (TPSA) is 76.9 Å². The second kappa shape index (κ2) is 7.76. The van der Waals surface area contributed by atoms with E-state index >= 15 is 0 Å². The molecule has 1 amide bonds. The first kappa shape index (κ1) is 18.1. The van der Waals surface area contributed by atoms with Crippen LogP contribution in [0.2, 0.25) is 0 Å². The lowest BCUT2D eigenvalue weighted by molar-refractivity contribution is 0.0948. The first-order valence-corrected chi connectivity index (χ1v) is 9.57. The minimum Gasteiger partial charge on any atom is -0.345 e. The van der Waals surface area contributed by atoms with Crippen molar-refractivity contribution < 1.29 is 9.59 Å². The Hall–Kier alpha value is -3.28. The summed E-state index contributed by atoms with van der Waals surface area (Å²) in [5.74, 6) is 0.833. The Morgan fingerprint density at radius 2 is 1.89 bits per heavy atom. The monoisotopic (exact) mass is 374 g/mol. The number of nitrogens with zero attached hydrogens (tertiary/aromatic N) is 3. The summed E-state index contributed by atoms with van der Waals surface area (Å²) in [4.78, 5) is 24.2. The number of hydrogen-bond acceptors (Lipinski definition) is 4. The number of benzene rings is 2. The summed E-state index contributed by atoms with van der Waals surface area (Å²) in [6.45, 7) is 3.27. The van der Waals surface area contributed by atoms with Crippen molar-refractivity contribution in [2.24, 2.45) is 0 Å². The van der Waals surface area contributed by atoms with E-state index in [2.05, 4.69) is 28.5 Å². The number of fused-ring (bicyclic) bond motifs is 1. The van der Waals surface area contributed by atoms with Crippen molar-refractivity contribution in [2.45, 2.75) is 39.3 Å². The molecule has 0 radical (unpaired) electrons. The fourth-order valence-electron chi connectivity index (χ4n) is 3.55. The Labute approximate surface area is 163 Å². The van der Waals surface area contributed by atoms with Crippen LogP contribution in [0.1, 0.15) is 51.9 Å². The Bertz CT molecular complexity index is 1020. The number of carbonyl (C=O) groups excluding carboxylic acids is 2. The van der Waals surface area contributed by atoms with Gasteiger partial charge >= 0.3 is 0 Å². The van der Waals surface area contributed by atoms with Gasteiger partial charge in [0.25, 0.3) is 5.91 Å². The van der Waals surface area contributed by atoms with E-state index in [0.717, 1.165) is 47.5 Å². The highest BCUT2D eigenvalue weighted by atomic mass is 16.1. The Morgan fingerprint density at radius 1 is 1.11 bits per heavy atom. The van der Waals surface area contributed by atoms with Gasteiger partial charge in [-0.1, -0.05) is 37.3 Å². The highest BCUT2D eigenvalue weighted by molar-refractivity contribution is 6.01. The number of hydrogen-bond donors (Lipinski definition) is 1. The summed E-state index contributed by atoms with van der Waals surface area (Å²) in [5.41, 5.74) is 4.65. The number of amides is 1. The summed E-state index contributed by atoms with van der Waals surface area (Å²) < 4.78 is 1.95. The molecule has 1 aliphatic rings. The summed E-state index contributed by atoms with van der Waals surface area (Å²) in [6, 6.07) is 13.5. The van der Waals surface area contributed by atoms with Crippen molar-refractivity contribution in [3.63, 3.8) is 0 Å². The highest BCUT2D eigenvalue weighted by Gasteiger charge is 2.19. The van der Waals surface area contributed by atoms with Gasteiger partial charge in [-0.05, 0) is 41.7 Å². The van der Waals surface area contributed by atoms with Crippen LogP contribution in [0, 0.1) is 0 Å². The van der Waals surface area contributed by atoms with Crippen LogP contribution in [0.5, 0.6) is 0 Å². The second-order valence-corrected chi connectivity index (χ2v) is 7.00. The third-order valence-corrected chi connectivity index (χ3v) is 5.07. The highest BCUT2D eigenvalue weighted by Crippen LogP contribution is 2.28. The van der Waals surface area contributed by atoms with Crippen LogP contribution in [-0.2, 0) is 19.5 Å². The number of aryl methyl sites for hydroxylation is 2. The van der Waals surface area contributed by atoms with Gasteiger partial charge < -0.3 is 9.88 Å². The maximum absolute atomic E-state index is 12.4. The van der Waals surface area contributed by atoms with Gasteiger partial charge in [0.05, 0.1) is 6.54 Å². The predicted octanol–water partition coefficient (Wildman–Crippen LogP) is 3.41. The zero-order valence-electron chi connectivity index (χ0n) is 15.8. The molecule has 1 aromatic heterocycles. The maximum Gasteiger partial charge on any atom is 0.251 e. The van der Waals surface area contributed by atoms with Crippen molar-refractivity contribution in [1.82, 2.24) is 20.1 Å². The minimum absolute atomic E-state index is 0.142. The number of carbonyl (C=O) groups is 2. The largest absolute Gasteiger partial charge is 0.345 e. The van der Waals surface area contributed by atoms with Crippen LogP contribution >= 0.6 is 0 Å². The zero-order chi connectivity index (χ0) is 19.5. The Morgan fingerprint density at radius 3 is 2.68 bits per heavy atom. The summed E-state index contributed by atoms with van der Waals surface area (Å²) >= 11 is 0. The molecule has 28 heavy (non-hydrogen) atoms. The molecule has 0 fully saturated rings. The number of nitrogens with one attached hydrogen (secondary N) is 1. The summed E-state index contributed by atoms with van der Waals surface area (Å²) in [6.07, 6.45) is 4.08. The van der Waals surface area contributed by atoms with Crippen molar-refractivity contribution in [3.8, 4) is 11.1 Å². The Balaban J connectivity index is 1.43. The quantitative estimate of drug-likeness (QED) is 0.717. The molecule has 0 saturated carbocycles. The lowest BCUT2D eigenvalue weighted by atomic mass is 9.99. The number of Topliss-reactive ketones (excluding diaryl/α,β-unsaturated/α-hetero) is 1. The van der Waals surface area contributed by atoms with E-state index in [-0.39, 0.29) is 11.7 Å². The van der Waals surface area contributed by atoms with Gasteiger partial charge in [-0.3, -0.25) is 9.59 Å². The predicted molar refractivity (Wildman–Crippen MR) is 106 cm³/mol. The fourth-order valence-corrected chi connectivity index (χ4v) is 3.55. The van der Waals surface area contributed by atoms with Crippen molar-refractivity contribution in [2.75, 3.05) is 0 Å². The molecule has 142 valence electrons. The van der Waals surface area contributed by atoms with E-state index in [1.54, 1.807) is 6.33 Å². The van der Waals surface area contributed by atoms with Gasteiger partial charge in [-0.15, -0.1) is 10.2 Å². The first-order chi connectivity index (χ1) is 13.7. The average molecular weight is 374 g/mol. The maximum atomic E-state index is 12.4. The van der Waals surface area contributed by atoms with E-state index in [1.165, 1.54) is 0 Å². The lowest BCUT2D eigenvalue weighted by Gasteiger charge is -2.08. The second-order valence-electron chi connectivity index (χ2n) is 7.00. The molecular weight excluding hydrogens is 352 g/mol. The van der Waals surface area contributed by atoms with Gasteiger partial charge in [0.15, 0.2) is 11.6 Å². The summed E-state index contributed by atoms with van der Waals surface area (Å²) in [5, 5.41) is 10.9. The zero-order valence-corrected chi connectivity index (χ0v) is 15.8. The van der Waals surface area contributed by atoms with Crippen LogP contribution in [0.4, 0.5) is 0 Å². The lowest BCUT2D eigenvalue weighted by Crippen LogP contribution is -2.24. The molecule has 1 N–H and O–H groups in total. The van der Waals surface area contributed by atoms with Crippen LogP contribution in [-0.4, -0.2) is 26.5 Å². The van der Waals surface area contributed by atoms with Crippen LogP contribution in [0.15, 0.2) is 48.8 Å². The third kappa shape index (κ3) is 3.58. The molecule has 0 unspecified atom stereocenters. The number of rotatable bonds is 6. The molecule has 3 aromatic rings. The standard InChI is InChI=1S/C22H22N4O2/c1-2-11-26-14-24-25-21(26)13-23-22(28)16-5-3-15(4-6-16)17-7-9-19-18(12-17)8-10-20(19)27/h3-7,9,12,14H,2,8,10-11,13H2,1H3,(H,23,28). The smallest absolute Gasteiger partial charge is 0.251 e. The normalized spacial score (nSPS) is 12.8. The molecule has 1 heterocycles. The molecule has 0 aliphatic heterocycles. The number of aromatic nitrogens is 3. The third-order valence-electron chi connectivity index (χ3n) is 5.07. The van der Waals surface area contributed by atoms with Gasteiger partial charge in [-0.2, -0.15) is 0 Å². The van der Waals surface area contributed by atoms with Crippen LogP contribution < -0.4 is 5.32 Å². The molecule has 4 rings (SSSR count). The molecular formula is C22H22N4O2. The molecule has 1 aliphatic carbocycles. The molecule has 0 saturated heterocycles. The minimum atomic E-state index is -0.142. The van der Waals surface area contributed by atoms with Crippen LogP contribution in [0.25, 0.3) is 11.1 Å². The molecule has 0 spiro atoms. The molecule has 2 aromatic carbocycles. The summed E-state index contributed by atoms with van der Waals surface area (Å²) in [7, 11) is 0. The van der Waals surface area contributed by atoms with Crippen molar-refractivity contribution in [3.05, 3.63) is 71.3 Å². The van der Waals surface area contributed by atoms with E-state index in [9.17, 15) is 9.59 Å². The molecule has 6 nitrogen and oxygen atoms in total. The van der Waals surface area contributed by atoms with E-state index in [0.29, 0.717) is 18.5 Å². The van der Waals surface area contributed by atoms with Crippen molar-refractivity contribution >= 4 is 11.7 Å². The SMILES string of the molecule is CCCn1cnnc1CNC(=O)c1ccc(-c2ccc3c(c2)CCC3=O)cc1. The first-order valence-electron chi connectivity index (χ1n) is 9.57. The van der Waals surface area contributed by atoms with Gasteiger partial charge in [0, 0.05) is 24.1 Å². The average Bonchev–Trinajstić information content (AvgIpc) is 3.33. The Kier molecular flexibility index (Phi) is 5.02. The molecule has 0 atom stereocenters. The van der Waals surface area contributed by atoms with Gasteiger partial charge in [0.2, 0.25) is 0 Å². The molecule has 0 bridgehead atoms. The van der Waals surface area contributed by atoms with E-state index < -0.39 is 0 Å². The van der Waals surface area contributed by atoms with Crippen LogP contribution in [0.3, 0.4) is 0 Å². The van der Waals surface area contributed by atoms with E-state index in [4.69, 9.17) is 0 Å². The van der Waals surface area contributed by atoms with Gasteiger partial charge in [-0.25, -0.2) is 0 Å². The van der Waals surface area contributed by atoms with E-state index in [1.807, 2.05) is 41.0 Å². The fraction of sp³-hybridized carbons (Fsp3) is 0.273.